The molecule has 1 aromatic heterocycles. The molecule has 0 aliphatic carbocycles. The fourth-order valence-corrected chi connectivity index (χ4v) is 2.68. The average molecular weight is 304 g/mol. The number of H-pyrrole nitrogens is 1. The van der Waals surface area contributed by atoms with Crippen LogP contribution in [0.15, 0.2) is 23.0 Å². The number of anilines is 1. The van der Waals surface area contributed by atoms with Crippen molar-refractivity contribution in [1.29, 1.82) is 0 Å². The number of ether oxygens (including phenoxy) is 1. The van der Waals surface area contributed by atoms with Gasteiger partial charge >= 0.3 is 0 Å². The summed E-state index contributed by atoms with van der Waals surface area (Å²) in [4.78, 5) is 20.6. The summed E-state index contributed by atoms with van der Waals surface area (Å²) < 4.78 is 19.0. The lowest BCUT2D eigenvalue weighted by Crippen LogP contribution is -2.35. The number of nitrogens with zero attached hydrogens (tertiary/aromatic N) is 2. The first-order chi connectivity index (χ1) is 10.6. The Kier molecular flexibility index (Phi) is 3.81. The molecule has 0 radical (unpaired) electrons. The first kappa shape index (κ1) is 14.5. The molecule has 2 aromatic rings. The summed E-state index contributed by atoms with van der Waals surface area (Å²) in [5.41, 5.74) is 7.20. The molecule has 0 saturated heterocycles. The van der Waals surface area contributed by atoms with E-state index in [4.69, 9.17) is 10.5 Å². The van der Waals surface area contributed by atoms with Crippen LogP contribution in [-0.2, 0) is 19.5 Å². The molecule has 1 aliphatic rings. The van der Waals surface area contributed by atoms with Crippen molar-refractivity contribution in [2.45, 2.75) is 19.5 Å². The van der Waals surface area contributed by atoms with Gasteiger partial charge in [-0.2, -0.15) is 0 Å². The zero-order chi connectivity index (χ0) is 15.7. The Labute approximate surface area is 126 Å². The maximum Gasteiger partial charge on any atom is 0.257 e. The molecule has 3 N–H and O–H groups in total. The number of fused-ring (bicyclic) bond motifs is 1. The predicted octanol–water partition coefficient (Wildman–Crippen LogP) is 1.06. The maximum atomic E-state index is 13.9. The minimum absolute atomic E-state index is 0.135. The van der Waals surface area contributed by atoms with Gasteiger partial charge in [0.05, 0.1) is 18.4 Å². The van der Waals surface area contributed by atoms with Gasteiger partial charge in [-0.25, -0.2) is 9.37 Å². The van der Waals surface area contributed by atoms with Gasteiger partial charge in [0.15, 0.2) is 0 Å². The Morgan fingerprint density at radius 3 is 3.09 bits per heavy atom. The third-order valence-electron chi connectivity index (χ3n) is 3.81. The van der Waals surface area contributed by atoms with Crippen LogP contribution in [0.1, 0.15) is 16.8 Å². The van der Waals surface area contributed by atoms with Gasteiger partial charge < -0.3 is 10.5 Å². The summed E-state index contributed by atoms with van der Waals surface area (Å²) in [5, 5.41) is 0. The standard InChI is InChI=1S/C15H17FN4O2/c1-22-10-2-3-12(16)9(6-10)7-20-5-4-13-11(8-20)14(21)19-15(17)18-13/h2-3,6H,4-5,7-8H2,1H3,(H3,17,18,19,21). The number of methoxy groups -OCH3 is 1. The van der Waals surface area contributed by atoms with Crippen molar-refractivity contribution >= 4 is 5.95 Å². The molecule has 0 fully saturated rings. The number of benzene rings is 1. The highest BCUT2D eigenvalue weighted by molar-refractivity contribution is 5.31. The Bertz CT molecular complexity index is 760. The van der Waals surface area contributed by atoms with Crippen LogP contribution in [0.25, 0.3) is 0 Å². The number of nitrogens with two attached hydrogens (primary N) is 1. The van der Waals surface area contributed by atoms with Gasteiger partial charge in [-0.1, -0.05) is 0 Å². The summed E-state index contributed by atoms with van der Waals surface area (Å²) in [6.45, 7) is 1.53. The minimum Gasteiger partial charge on any atom is -0.497 e. The highest BCUT2D eigenvalue weighted by Gasteiger charge is 2.21. The molecule has 0 amide bonds. The lowest BCUT2D eigenvalue weighted by molar-refractivity contribution is 0.238. The fraction of sp³-hybridized carbons (Fsp3) is 0.333. The van der Waals surface area contributed by atoms with E-state index in [-0.39, 0.29) is 17.3 Å². The number of aromatic nitrogens is 2. The summed E-state index contributed by atoms with van der Waals surface area (Å²) >= 11 is 0. The number of nitrogens with one attached hydrogen (secondary N) is 1. The van der Waals surface area contributed by atoms with Crippen LogP contribution in [0.2, 0.25) is 0 Å². The molecule has 0 atom stereocenters. The molecule has 0 spiro atoms. The summed E-state index contributed by atoms with van der Waals surface area (Å²) in [7, 11) is 1.55. The predicted molar refractivity (Wildman–Crippen MR) is 80.0 cm³/mol. The summed E-state index contributed by atoms with van der Waals surface area (Å²) in [6.07, 6.45) is 0.620. The van der Waals surface area contributed by atoms with E-state index in [0.29, 0.717) is 42.9 Å². The lowest BCUT2D eigenvalue weighted by Gasteiger charge is -2.27. The molecule has 0 saturated carbocycles. The van der Waals surface area contributed by atoms with E-state index >= 15 is 0 Å². The molecule has 0 unspecified atom stereocenters. The SMILES string of the molecule is COc1ccc(F)c(CN2CCc3nc(N)[nH]c(=O)c3C2)c1. The fourth-order valence-electron chi connectivity index (χ4n) is 2.68. The highest BCUT2D eigenvalue weighted by Crippen LogP contribution is 2.21. The van der Waals surface area contributed by atoms with E-state index in [0.717, 1.165) is 5.69 Å². The second kappa shape index (κ2) is 5.76. The molecule has 116 valence electrons. The van der Waals surface area contributed by atoms with Crippen LogP contribution in [0.4, 0.5) is 10.3 Å². The van der Waals surface area contributed by atoms with Gasteiger partial charge in [-0.15, -0.1) is 0 Å². The van der Waals surface area contributed by atoms with Gasteiger partial charge in [0.2, 0.25) is 5.95 Å². The van der Waals surface area contributed by atoms with E-state index in [1.54, 1.807) is 19.2 Å². The molecule has 2 heterocycles. The van der Waals surface area contributed by atoms with Crippen LogP contribution in [0.5, 0.6) is 5.75 Å². The number of hydrogen-bond acceptors (Lipinski definition) is 5. The molecule has 1 aliphatic heterocycles. The second-order valence-electron chi connectivity index (χ2n) is 5.29. The third-order valence-corrected chi connectivity index (χ3v) is 3.81. The van der Waals surface area contributed by atoms with Crippen LogP contribution in [-0.4, -0.2) is 28.5 Å². The van der Waals surface area contributed by atoms with Crippen molar-refractivity contribution in [3.63, 3.8) is 0 Å². The van der Waals surface area contributed by atoms with Gasteiger partial charge in [0.1, 0.15) is 11.6 Å². The zero-order valence-corrected chi connectivity index (χ0v) is 12.2. The number of halogens is 1. The summed E-state index contributed by atoms with van der Waals surface area (Å²) in [6, 6.07) is 4.65. The van der Waals surface area contributed by atoms with Crippen LogP contribution in [0, 0.1) is 5.82 Å². The maximum absolute atomic E-state index is 13.9. The molecular weight excluding hydrogens is 287 g/mol. The highest BCUT2D eigenvalue weighted by atomic mass is 19.1. The zero-order valence-electron chi connectivity index (χ0n) is 12.2. The first-order valence-corrected chi connectivity index (χ1v) is 6.99. The molecule has 22 heavy (non-hydrogen) atoms. The van der Waals surface area contributed by atoms with Crippen LogP contribution >= 0.6 is 0 Å². The second-order valence-corrected chi connectivity index (χ2v) is 5.29. The average Bonchev–Trinajstić information content (AvgIpc) is 2.50. The molecular formula is C15H17FN4O2. The largest absolute Gasteiger partial charge is 0.497 e. The molecule has 7 heteroatoms. The molecule has 1 aromatic carbocycles. The normalized spacial score (nSPS) is 14.6. The molecule has 3 rings (SSSR count). The van der Waals surface area contributed by atoms with Gasteiger partial charge in [-0.3, -0.25) is 14.7 Å². The topological polar surface area (TPSA) is 84.2 Å². The first-order valence-electron chi connectivity index (χ1n) is 6.99. The lowest BCUT2D eigenvalue weighted by atomic mass is 10.1. The Morgan fingerprint density at radius 1 is 1.50 bits per heavy atom. The van der Waals surface area contributed by atoms with Gasteiger partial charge in [-0.05, 0) is 18.2 Å². The van der Waals surface area contributed by atoms with E-state index in [1.165, 1.54) is 6.07 Å². The van der Waals surface area contributed by atoms with E-state index in [9.17, 15) is 9.18 Å². The third kappa shape index (κ3) is 2.80. The minimum atomic E-state index is -0.282. The summed E-state index contributed by atoms with van der Waals surface area (Å²) in [5.74, 6) is 0.466. The number of hydrogen-bond donors (Lipinski definition) is 2. The number of nitrogen functional groups attached to an aromatic ring is 1. The number of rotatable bonds is 3. The van der Waals surface area contributed by atoms with Gasteiger partial charge in [0, 0.05) is 31.6 Å². The van der Waals surface area contributed by atoms with Crippen molar-refractivity contribution in [2.24, 2.45) is 0 Å². The number of aromatic amines is 1. The van der Waals surface area contributed by atoms with Crippen molar-refractivity contribution in [3.8, 4) is 5.75 Å². The molecule has 0 bridgehead atoms. The quantitative estimate of drug-likeness (QED) is 0.886. The van der Waals surface area contributed by atoms with Crippen molar-refractivity contribution in [3.05, 3.63) is 51.2 Å². The van der Waals surface area contributed by atoms with Crippen molar-refractivity contribution < 1.29 is 9.13 Å². The van der Waals surface area contributed by atoms with Crippen molar-refractivity contribution in [2.75, 3.05) is 19.4 Å². The Morgan fingerprint density at radius 2 is 2.32 bits per heavy atom. The van der Waals surface area contributed by atoms with E-state index < -0.39 is 0 Å². The monoisotopic (exact) mass is 304 g/mol. The Hall–Kier alpha value is -2.41. The Balaban J connectivity index is 1.82. The van der Waals surface area contributed by atoms with E-state index in [1.807, 2.05) is 4.90 Å². The van der Waals surface area contributed by atoms with E-state index in [2.05, 4.69) is 9.97 Å². The van der Waals surface area contributed by atoms with Crippen molar-refractivity contribution in [1.82, 2.24) is 14.9 Å². The van der Waals surface area contributed by atoms with Crippen LogP contribution < -0.4 is 16.0 Å². The smallest absolute Gasteiger partial charge is 0.257 e. The van der Waals surface area contributed by atoms with Crippen LogP contribution in [0.3, 0.4) is 0 Å². The van der Waals surface area contributed by atoms with Gasteiger partial charge in [0.25, 0.3) is 5.56 Å². The molecule has 6 nitrogen and oxygen atoms in total.